The van der Waals surface area contributed by atoms with Crippen molar-refractivity contribution in [2.45, 2.75) is 58.0 Å². The molecule has 98 valence electrons. The van der Waals surface area contributed by atoms with Gasteiger partial charge in [-0.25, -0.2) is 0 Å². The number of carbonyl (C=O) groups excluding carboxylic acids is 2. The summed E-state index contributed by atoms with van der Waals surface area (Å²) in [5.41, 5.74) is 0. The number of likely N-dealkylation sites (N-methyl/N-ethyl adjacent to an activating group) is 1. The molecule has 4 heteroatoms. The van der Waals surface area contributed by atoms with Gasteiger partial charge in [-0.05, 0) is 33.2 Å². The molecule has 1 heterocycles. The summed E-state index contributed by atoms with van der Waals surface area (Å²) >= 11 is 0. The van der Waals surface area contributed by atoms with Crippen molar-refractivity contribution >= 4 is 11.7 Å². The highest BCUT2D eigenvalue weighted by Crippen LogP contribution is 2.21. The molecule has 1 aliphatic heterocycles. The number of amides is 1. The molecular formula is C13H24N2O2. The van der Waals surface area contributed by atoms with Gasteiger partial charge in [0.05, 0.1) is 6.04 Å². The number of carbonyl (C=O) groups is 2. The fourth-order valence-corrected chi connectivity index (χ4v) is 2.62. The minimum atomic E-state index is -0.137. The van der Waals surface area contributed by atoms with Gasteiger partial charge in [-0.15, -0.1) is 0 Å². The van der Waals surface area contributed by atoms with E-state index in [0.29, 0.717) is 6.42 Å². The molecule has 17 heavy (non-hydrogen) atoms. The first-order valence-electron chi connectivity index (χ1n) is 6.53. The quantitative estimate of drug-likeness (QED) is 0.807. The van der Waals surface area contributed by atoms with Crippen LogP contribution in [0.4, 0.5) is 0 Å². The van der Waals surface area contributed by atoms with Crippen LogP contribution in [-0.2, 0) is 9.59 Å². The van der Waals surface area contributed by atoms with Gasteiger partial charge in [0.1, 0.15) is 5.78 Å². The Morgan fingerprint density at radius 1 is 1.35 bits per heavy atom. The van der Waals surface area contributed by atoms with E-state index >= 15 is 0 Å². The molecular weight excluding hydrogens is 216 g/mol. The van der Waals surface area contributed by atoms with Crippen molar-refractivity contribution in [2.24, 2.45) is 0 Å². The Hall–Kier alpha value is -0.900. The second-order valence-electron chi connectivity index (χ2n) is 4.94. The topological polar surface area (TPSA) is 49.4 Å². The first-order chi connectivity index (χ1) is 8.06. The number of hydrogen-bond acceptors (Lipinski definition) is 3. The third kappa shape index (κ3) is 4.11. The number of hydrogen-bond donors (Lipinski definition) is 1. The molecule has 0 aromatic rings. The van der Waals surface area contributed by atoms with E-state index in [1.165, 1.54) is 6.42 Å². The first kappa shape index (κ1) is 14.2. The van der Waals surface area contributed by atoms with E-state index in [1.54, 1.807) is 14.0 Å². The van der Waals surface area contributed by atoms with Gasteiger partial charge in [0.15, 0.2) is 0 Å². The molecule has 0 bridgehead atoms. The molecule has 2 atom stereocenters. The molecule has 1 aliphatic rings. The lowest BCUT2D eigenvalue weighted by Gasteiger charge is -2.33. The zero-order valence-corrected chi connectivity index (χ0v) is 11.2. The van der Waals surface area contributed by atoms with E-state index in [-0.39, 0.29) is 23.8 Å². The fourth-order valence-electron chi connectivity index (χ4n) is 2.62. The third-order valence-corrected chi connectivity index (χ3v) is 3.57. The van der Waals surface area contributed by atoms with Crippen molar-refractivity contribution in [1.29, 1.82) is 0 Å². The Kier molecular flexibility index (Phi) is 5.62. The summed E-state index contributed by atoms with van der Waals surface area (Å²) in [5, 5.41) is 2.69. The molecule has 0 aromatic carbocycles. The van der Waals surface area contributed by atoms with Gasteiger partial charge in [0.25, 0.3) is 0 Å². The molecule has 1 fully saturated rings. The molecule has 0 aromatic heterocycles. The average Bonchev–Trinajstić information content (AvgIpc) is 2.51. The summed E-state index contributed by atoms with van der Waals surface area (Å²) in [6, 6.07) is 0.102. The third-order valence-electron chi connectivity index (χ3n) is 3.57. The van der Waals surface area contributed by atoms with Crippen molar-refractivity contribution in [3.63, 3.8) is 0 Å². The van der Waals surface area contributed by atoms with Crippen LogP contribution in [0.2, 0.25) is 0 Å². The normalized spacial score (nSPS) is 23.8. The van der Waals surface area contributed by atoms with Gasteiger partial charge in [0, 0.05) is 19.5 Å². The van der Waals surface area contributed by atoms with E-state index < -0.39 is 0 Å². The van der Waals surface area contributed by atoms with Crippen molar-refractivity contribution in [2.75, 3.05) is 13.6 Å². The fraction of sp³-hybridized carbons (Fsp3) is 0.846. The van der Waals surface area contributed by atoms with Crippen LogP contribution in [0.25, 0.3) is 0 Å². The Balaban J connectivity index is 2.73. The van der Waals surface area contributed by atoms with Crippen LogP contribution in [0, 0.1) is 0 Å². The van der Waals surface area contributed by atoms with E-state index in [1.807, 2.05) is 6.92 Å². The molecule has 0 spiro atoms. The number of Topliss-reactive ketones (excluding diaryl/α,β-unsaturated/α-hetero) is 1. The SMILES string of the molecule is CNC(=O)C(C)N1CCCCCC1CC(C)=O. The second-order valence-corrected chi connectivity index (χ2v) is 4.94. The van der Waals surface area contributed by atoms with Crippen LogP contribution >= 0.6 is 0 Å². The minimum absolute atomic E-state index is 0.0421. The maximum atomic E-state index is 11.7. The van der Waals surface area contributed by atoms with Crippen LogP contribution in [0.1, 0.15) is 46.0 Å². The molecule has 1 rings (SSSR count). The zero-order valence-electron chi connectivity index (χ0n) is 11.2. The summed E-state index contributed by atoms with van der Waals surface area (Å²) in [4.78, 5) is 25.2. The van der Waals surface area contributed by atoms with Crippen LogP contribution in [-0.4, -0.2) is 42.3 Å². The lowest BCUT2D eigenvalue weighted by atomic mass is 10.0. The predicted molar refractivity (Wildman–Crippen MR) is 67.8 cm³/mol. The summed E-state index contributed by atoms with van der Waals surface area (Å²) in [7, 11) is 1.66. The lowest BCUT2D eigenvalue weighted by Crippen LogP contribution is -2.49. The summed E-state index contributed by atoms with van der Waals surface area (Å²) in [6.07, 6.45) is 5.08. The lowest BCUT2D eigenvalue weighted by molar-refractivity contribution is -0.127. The number of nitrogens with one attached hydrogen (secondary N) is 1. The van der Waals surface area contributed by atoms with Crippen molar-refractivity contribution in [3.05, 3.63) is 0 Å². The molecule has 4 nitrogen and oxygen atoms in total. The Morgan fingerprint density at radius 2 is 2.06 bits per heavy atom. The van der Waals surface area contributed by atoms with E-state index in [0.717, 1.165) is 25.8 Å². The Labute approximate surface area is 104 Å². The van der Waals surface area contributed by atoms with Gasteiger partial charge in [-0.1, -0.05) is 12.8 Å². The Bertz CT molecular complexity index is 279. The molecule has 1 saturated heterocycles. The van der Waals surface area contributed by atoms with Crippen LogP contribution < -0.4 is 5.32 Å². The molecule has 1 amide bonds. The number of rotatable bonds is 4. The van der Waals surface area contributed by atoms with Gasteiger partial charge >= 0.3 is 0 Å². The van der Waals surface area contributed by atoms with Crippen LogP contribution in [0.5, 0.6) is 0 Å². The molecule has 1 N–H and O–H groups in total. The zero-order chi connectivity index (χ0) is 12.8. The molecule has 0 aliphatic carbocycles. The largest absolute Gasteiger partial charge is 0.358 e. The smallest absolute Gasteiger partial charge is 0.236 e. The number of likely N-dealkylation sites (tertiary alicyclic amines) is 1. The van der Waals surface area contributed by atoms with Gasteiger partial charge < -0.3 is 5.32 Å². The van der Waals surface area contributed by atoms with Gasteiger partial charge in [-0.3, -0.25) is 14.5 Å². The van der Waals surface area contributed by atoms with Gasteiger partial charge in [0.2, 0.25) is 5.91 Å². The van der Waals surface area contributed by atoms with Crippen molar-refractivity contribution in [3.8, 4) is 0 Å². The number of nitrogens with zero attached hydrogens (tertiary/aromatic N) is 1. The highest BCUT2D eigenvalue weighted by molar-refractivity contribution is 5.81. The van der Waals surface area contributed by atoms with E-state index in [9.17, 15) is 9.59 Å². The summed E-state index contributed by atoms with van der Waals surface area (Å²) in [5.74, 6) is 0.256. The average molecular weight is 240 g/mol. The standard InChI is InChI=1S/C13H24N2O2/c1-10(16)9-12-7-5-4-6-8-15(12)11(2)13(17)14-3/h11-12H,4-9H2,1-3H3,(H,14,17). The maximum absolute atomic E-state index is 11.7. The van der Waals surface area contributed by atoms with Crippen molar-refractivity contribution < 1.29 is 9.59 Å². The summed E-state index contributed by atoms with van der Waals surface area (Å²) in [6.45, 7) is 4.48. The molecule has 0 radical (unpaired) electrons. The summed E-state index contributed by atoms with van der Waals surface area (Å²) < 4.78 is 0. The van der Waals surface area contributed by atoms with E-state index in [2.05, 4.69) is 10.2 Å². The monoisotopic (exact) mass is 240 g/mol. The number of ketones is 1. The van der Waals surface area contributed by atoms with Crippen molar-refractivity contribution in [1.82, 2.24) is 10.2 Å². The predicted octanol–water partition coefficient (Wildman–Crippen LogP) is 1.34. The Morgan fingerprint density at radius 3 is 2.65 bits per heavy atom. The van der Waals surface area contributed by atoms with E-state index in [4.69, 9.17) is 0 Å². The highest BCUT2D eigenvalue weighted by Gasteiger charge is 2.29. The second kappa shape index (κ2) is 6.74. The molecule has 2 unspecified atom stereocenters. The van der Waals surface area contributed by atoms with Gasteiger partial charge in [-0.2, -0.15) is 0 Å². The van der Waals surface area contributed by atoms with Crippen LogP contribution in [0.3, 0.4) is 0 Å². The first-order valence-corrected chi connectivity index (χ1v) is 6.53. The maximum Gasteiger partial charge on any atom is 0.236 e. The van der Waals surface area contributed by atoms with Crippen LogP contribution in [0.15, 0.2) is 0 Å². The molecule has 0 saturated carbocycles. The highest BCUT2D eigenvalue weighted by atomic mass is 16.2. The minimum Gasteiger partial charge on any atom is -0.358 e.